The van der Waals surface area contributed by atoms with Crippen molar-refractivity contribution >= 4 is 15.9 Å². The van der Waals surface area contributed by atoms with Crippen LogP contribution in [0.4, 0.5) is 4.39 Å². The van der Waals surface area contributed by atoms with Crippen LogP contribution in [0.3, 0.4) is 0 Å². The fraction of sp³-hybridized carbons (Fsp3) is 0.286. The first kappa shape index (κ1) is 13.3. The van der Waals surface area contributed by atoms with Gasteiger partial charge in [-0.1, -0.05) is 22.9 Å². The summed E-state index contributed by atoms with van der Waals surface area (Å²) in [6.07, 6.45) is 4.14. The zero-order valence-electron chi connectivity index (χ0n) is 10.1. The molecule has 0 saturated carbocycles. The van der Waals surface area contributed by atoms with Crippen LogP contribution >= 0.6 is 15.9 Å². The van der Waals surface area contributed by atoms with Gasteiger partial charge in [-0.25, -0.2) is 4.39 Å². The average Bonchev–Trinajstić information content (AvgIpc) is 2.85. The van der Waals surface area contributed by atoms with Gasteiger partial charge in [0.2, 0.25) is 0 Å². The molecule has 2 aromatic rings. The van der Waals surface area contributed by atoms with Crippen LogP contribution in [0.15, 0.2) is 45.7 Å². The molecule has 1 aromatic carbocycles. The molecule has 96 valence electrons. The van der Waals surface area contributed by atoms with Crippen molar-refractivity contribution in [3.8, 4) is 0 Å². The van der Waals surface area contributed by atoms with E-state index >= 15 is 0 Å². The van der Waals surface area contributed by atoms with E-state index in [0.717, 1.165) is 28.6 Å². The lowest BCUT2D eigenvalue weighted by molar-refractivity contribution is 0.529. The van der Waals surface area contributed by atoms with E-state index in [9.17, 15) is 4.39 Å². The summed E-state index contributed by atoms with van der Waals surface area (Å²) >= 11 is 3.48. The largest absolute Gasteiger partial charge is 0.472 e. The molecule has 0 bridgehead atoms. The Labute approximate surface area is 114 Å². The molecule has 0 amide bonds. The van der Waals surface area contributed by atoms with Gasteiger partial charge in [0.25, 0.3) is 0 Å². The quantitative estimate of drug-likeness (QED) is 0.900. The molecule has 0 saturated heterocycles. The second kappa shape index (κ2) is 6.16. The standard InChI is InChI=1S/C14H15BrFNO/c1-2-17-14(7-10-5-6-18-9-10)12-8-11(16)3-4-13(12)15/h3-6,8-9,14,17H,2,7H2,1H3. The summed E-state index contributed by atoms with van der Waals surface area (Å²) in [4.78, 5) is 0. The highest BCUT2D eigenvalue weighted by atomic mass is 79.9. The Kier molecular flexibility index (Phi) is 4.55. The van der Waals surface area contributed by atoms with Crippen LogP contribution in [0.1, 0.15) is 24.1 Å². The number of likely N-dealkylation sites (N-methyl/N-ethyl adjacent to an activating group) is 1. The molecule has 1 heterocycles. The van der Waals surface area contributed by atoms with Crippen molar-refractivity contribution in [3.05, 3.63) is 58.2 Å². The summed E-state index contributed by atoms with van der Waals surface area (Å²) in [6, 6.07) is 6.76. The number of halogens is 2. The number of hydrogen-bond acceptors (Lipinski definition) is 2. The van der Waals surface area contributed by atoms with Crippen molar-refractivity contribution in [2.45, 2.75) is 19.4 Å². The van der Waals surface area contributed by atoms with Crippen LogP contribution in [0.25, 0.3) is 0 Å². The van der Waals surface area contributed by atoms with E-state index in [-0.39, 0.29) is 11.9 Å². The number of rotatable bonds is 5. The maximum absolute atomic E-state index is 13.4. The Balaban J connectivity index is 2.26. The lowest BCUT2D eigenvalue weighted by Crippen LogP contribution is -2.23. The van der Waals surface area contributed by atoms with Gasteiger partial charge in [-0.15, -0.1) is 0 Å². The summed E-state index contributed by atoms with van der Waals surface area (Å²) in [5, 5.41) is 3.37. The molecule has 0 radical (unpaired) electrons. The third kappa shape index (κ3) is 3.21. The third-order valence-electron chi connectivity index (χ3n) is 2.80. The van der Waals surface area contributed by atoms with Crippen LogP contribution < -0.4 is 5.32 Å². The van der Waals surface area contributed by atoms with Gasteiger partial charge >= 0.3 is 0 Å². The van der Waals surface area contributed by atoms with Gasteiger partial charge in [-0.05, 0) is 48.4 Å². The van der Waals surface area contributed by atoms with E-state index in [1.54, 1.807) is 24.7 Å². The second-order valence-electron chi connectivity index (χ2n) is 4.11. The summed E-state index contributed by atoms with van der Waals surface area (Å²) in [7, 11) is 0. The minimum atomic E-state index is -0.219. The zero-order chi connectivity index (χ0) is 13.0. The first-order chi connectivity index (χ1) is 8.70. The molecule has 2 rings (SSSR count). The highest BCUT2D eigenvalue weighted by molar-refractivity contribution is 9.10. The Bertz CT molecular complexity index is 499. The van der Waals surface area contributed by atoms with E-state index in [1.807, 2.05) is 13.0 Å². The number of benzene rings is 1. The van der Waals surface area contributed by atoms with E-state index in [2.05, 4.69) is 21.2 Å². The number of furan rings is 1. The van der Waals surface area contributed by atoms with Crippen molar-refractivity contribution in [1.82, 2.24) is 5.32 Å². The van der Waals surface area contributed by atoms with Crippen LogP contribution in [0.5, 0.6) is 0 Å². The zero-order valence-corrected chi connectivity index (χ0v) is 11.7. The molecule has 4 heteroatoms. The van der Waals surface area contributed by atoms with Crippen LogP contribution in [-0.4, -0.2) is 6.54 Å². The molecule has 2 nitrogen and oxygen atoms in total. The van der Waals surface area contributed by atoms with Gasteiger partial charge < -0.3 is 9.73 Å². The molecule has 0 aliphatic rings. The molecular weight excluding hydrogens is 297 g/mol. The first-order valence-electron chi connectivity index (χ1n) is 5.90. The molecule has 0 fully saturated rings. The molecular formula is C14H15BrFNO. The van der Waals surface area contributed by atoms with Crippen molar-refractivity contribution in [1.29, 1.82) is 0 Å². The Hall–Kier alpha value is -1.13. The van der Waals surface area contributed by atoms with Gasteiger partial charge in [0.05, 0.1) is 12.5 Å². The summed E-state index contributed by atoms with van der Waals surface area (Å²) < 4.78 is 19.3. The van der Waals surface area contributed by atoms with E-state index in [1.165, 1.54) is 6.07 Å². The number of hydrogen-bond donors (Lipinski definition) is 1. The Morgan fingerprint density at radius 3 is 2.89 bits per heavy atom. The highest BCUT2D eigenvalue weighted by Gasteiger charge is 2.15. The van der Waals surface area contributed by atoms with Gasteiger partial charge in [0, 0.05) is 10.5 Å². The molecule has 1 aromatic heterocycles. The van der Waals surface area contributed by atoms with Crippen molar-refractivity contribution in [3.63, 3.8) is 0 Å². The monoisotopic (exact) mass is 311 g/mol. The average molecular weight is 312 g/mol. The Morgan fingerprint density at radius 1 is 1.39 bits per heavy atom. The van der Waals surface area contributed by atoms with Gasteiger partial charge in [0.15, 0.2) is 0 Å². The van der Waals surface area contributed by atoms with Crippen molar-refractivity contribution in [2.24, 2.45) is 0 Å². The van der Waals surface area contributed by atoms with Gasteiger partial charge in [-0.3, -0.25) is 0 Å². The van der Waals surface area contributed by atoms with Crippen LogP contribution in [0.2, 0.25) is 0 Å². The smallest absolute Gasteiger partial charge is 0.123 e. The second-order valence-corrected chi connectivity index (χ2v) is 4.97. The minimum absolute atomic E-state index is 0.0673. The topological polar surface area (TPSA) is 25.2 Å². The maximum atomic E-state index is 13.4. The lowest BCUT2D eigenvalue weighted by Gasteiger charge is -2.19. The molecule has 1 unspecified atom stereocenters. The van der Waals surface area contributed by atoms with Gasteiger partial charge in [0.1, 0.15) is 5.82 Å². The maximum Gasteiger partial charge on any atom is 0.123 e. The van der Waals surface area contributed by atoms with Crippen LogP contribution in [0, 0.1) is 5.82 Å². The highest BCUT2D eigenvalue weighted by Crippen LogP contribution is 2.27. The summed E-state index contributed by atoms with van der Waals surface area (Å²) in [5.41, 5.74) is 2.02. The lowest BCUT2D eigenvalue weighted by atomic mass is 10.0. The molecule has 1 N–H and O–H groups in total. The normalized spacial score (nSPS) is 12.6. The minimum Gasteiger partial charge on any atom is -0.472 e. The van der Waals surface area contributed by atoms with E-state index in [0.29, 0.717) is 0 Å². The van der Waals surface area contributed by atoms with Crippen molar-refractivity contribution in [2.75, 3.05) is 6.54 Å². The first-order valence-corrected chi connectivity index (χ1v) is 6.69. The fourth-order valence-electron chi connectivity index (χ4n) is 1.96. The van der Waals surface area contributed by atoms with E-state index < -0.39 is 0 Å². The molecule has 1 atom stereocenters. The number of nitrogens with one attached hydrogen (secondary N) is 1. The molecule has 0 aliphatic heterocycles. The summed E-state index contributed by atoms with van der Waals surface area (Å²) in [5.74, 6) is -0.219. The van der Waals surface area contributed by atoms with Crippen molar-refractivity contribution < 1.29 is 8.81 Å². The molecule has 0 aliphatic carbocycles. The Morgan fingerprint density at radius 2 is 2.22 bits per heavy atom. The molecule has 0 spiro atoms. The third-order valence-corrected chi connectivity index (χ3v) is 3.53. The molecule has 18 heavy (non-hydrogen) atoms. The fourth-order valence-corrected chi connectivity index (χ4v) is 2.49. The SMILES string of the molecule is CCNC(Cc1ccoc1)c1cc(F)ccc1Br. The van der Waals surface area contributed by atoms with Gasteiger partial charge in [-0.2, -0.15) is 0 Å². The van der Waals surface area contributed by atoms with E-state index in [4.69, 9.17) is 4.42 Å². The predicted molar refractivity (Wildman–Crippen MR) is 72.9 cm³/mol. The summed E-state index contributed by atoms with van der Waals surface area (Å²) in [6.45, 7) is 2.86. The predicted octanol–water partition coefficient (Wildman–Crippen LogP) is 4.07. The van der Waals surface area contributed by atoms with Crippen LogP contribution in [-0.2, 0) is 6.42 Å².